The number of hydrogen-bond donors (Lipinski definition) is 2. The molecule has 7 nitrogen and oxygen atoms in total. The zero-order chi connectivity index (χ0) is 21.1. The van der Waals surface area contributed by atoms with E-state index in [-0.39, 0.29) is 17.2 Å². The number of thioether (sulfide) groups is 1. The molecule has 0 saturated carbocycles. The fraction of sp³-hybridized carbons (Fsp3) is 0.474. The van der Waals surface area contributed by atoms with Gasteiger partial charge in [-0.15, -0.1) is 0 Å². The zero-order valence-corrected chi connectivity index (χ0v) is 19.0. The van der Waals surface area contributed by atoms with Crippen molar-refractivity contribution in [1.82, 2.24) is 20.2 Å². The van der Waals surface area contributed by atoms with Crippen LogP contribution in [0.3, 0.4) is 0 Å². The third kappa shape index (κ3) is 6.34. The number of aromatic nitrogens is 2. The van der Waals surface area contributed by atoms with Crippen LogP contribution in [0.4, 0.5) is 4.79 Å². The Kier molecular flexibility index (Phi) is 7.28. The molecule has 0 spiro atoms. The fourth-order valence-electron chi connectivity index (χ4n) is 2.47. The molecule has 2 rings (SSSR count). The van der Waals surface area contributed by atoms with Gasteiger partial charge in [0.15, 0.2) is 5.16 Å². The smallest absolute Gasteiger partial charge is 0.321 e. The van der Waals surface area contributed by atoms with Crippen molar-refractivity contribution < 1.29 is 9.59 Å². The van der Waals surface area contributed by atoms with Crippen LogP contribution in [0.15, 0.2) is 32.6 Å². The average Bonchev–Trinajstić information content (AvgIpc) is 2.54. The summed E-state index contributed by atoms with van der Waals surface area (Å²) < 4.78 is 2.40. The van der Waals surface area contributed by atoms with E-state index in [1.807, 2.05) is 40.7 Å². The molecular formula is C19H25BrN4O3S. The van der Waals surface area contributed by atoms with Crippen LogP contribution >= 0.6 is 27.7 Å². The number of fused-ring (bicyclic) bond motifs is 1. The standard InChI is InChI=1S/C19H25BrN4O3S/c1-11(2)9-24-16(26)13-8-12(20)6-7-14(13)21-18(24)28-10-15(25)22-17(27)23-19(3,4)5/h6-8,11H,9-10H2,1-5H3,(H2,22,23,25,27). The highest BCUT2D eigenvalue weighted by atomic mass is 79.9. The summed E-state index contributed by atoms with van der Waals surface area (Å²) in [6, 6.07) is 4.79. The Morgan fingerprint density at radius 1 is 1.29 bits per heavy atom. The minimum absolute atomic E-state index is 0.0237. The molecule has 0 bridgehead atoms. The second kappa shape index (κ2) is 9.09. The first-order valence-corrected chi connectivity index (χ1v) is 10.7. The topological polar surface area (TPSA) is 93.1 Å². The van der Waals surface area contributed by atoms with Gasteiger partial charge in [-0.2, -0.15) is 0 Å². The van der Waals surface area contributed by atoms with Gasteiger partial charge in [0.05, 0.1) is 16.7 Å². The summed E-state index contributed by atoms with van der Waals surface area (Å²) in [6.07, 6.45) is 0. The molecule has 0 fully saturated rings. The maximum atomic E-state index is 12.9. The number of imide groups is 1. The number of amides is 3. The van der Waals surface area contributed by atoms with Crippen LogP contribution in [0.5, 0.6) is 0 Å². The Labute approximate surface area is 176 Å². The molecule has 2 N–H and O–H groups in total. The highest BCUT2D eigenvalue weighted by Crippen LogP contribution is 2.21. The van der Waals surface area contributed by atoms with E-state index in [1.54, 1.807) is 16.7 Å². The molecule has 0 aliphatic heterocycles. The van der Waals surface area contributed by atoms with Crippen molar-refractivity contribution in [3.63, 3.8) is 0 Å². The van der Waals surface area contributed by atoms with Crippen LogP contribution in [0, 0.1) is 5.92 Å². The van der Waals surface area contributed by atoms with Crippen molar-refractivity contribution in [3.8, 4) is 0 Å². The van der Waals surface area contributed by atoms with E-state index in [4.69, 9.17) is 0 Å². The van der Waals surface area contributed by atoms with E-state index < -0.39 is 17.5 Å². The lowest BCUT2D eigenvalue weighted by atomic mass is 10.1. The fourth-order valence-corrected chi connectivity index (χ4v) is 3.64. The Bertz CT molecular complexity index is 951. The maximum Gasteiger partial charge on any atom is 0.321 e. The largest absolute Gasteiger partial charge is 0.333 e. The van der Waals surface area contributed by atoms with Gasteiger partial charge in [0.2, 0.25) is 5.91 Å². The molecule has 3 amide bonds. The molecule has 152 valence electrons. The molecule has 1 aromatic carbocycles. The SMILES string of the molecule is CC(C)Cn1c(SCC(=O)NC(=O)NC(C)(C)C)nc2ccc(Br)cc2c1=O. The lowest BCUT2D eigenvalue weighted by Crippen LogP contribution is -2.48. The van der Waals surface area contributed by atoms with E-state index in [0.29, 0.717) is 22.6 Å². The number of benzene rings is 1. The van der Waals surface area contributed by atoms with Crippen LogP contribution in [-0.4, -0.2) is 32.8 Å². The number of carbonyl (C=O) groups excluding carboxylic acids is 2. The molecule has 0 radical (unpaired) electrons. The summed E-state index contributed by atoms with van der Waals surface area (Å²) in [7, 11) is 0. The van der Waals surface area contributed by atoms with Gasteiger partial charge < -0.3 is 5.32 Å². The van der Waals surface area contributed by atoms with Crippen molar-refractivity contribution in [1.29, 1.82) is 0 Å². The van der Waals surface area contributed by atoms with Gasteiger partial charge in [0.1, 0.15) is 0 Å². The predicted molar refractivity (Wildman–Crippen MR) is 116 cm³/mol. The molecule has 1 heterocycles. The third-order valence-electron chi connectivity index (χ3n) is 3.50. The number of hydrogen-bond acceptors (Lipinski definition) is 5. The van der Waals surface area contributed by atoms with E-state index in [9.17, 15) is 14.4 Å². The molecule has 0 saturated heterocycles. The minimum Gasteiger partial charge on any atom is -0.333 e. The Morgan fingerprint density at radius 2 is 1.96 bits per heavy atom. The second-order valence-electron chi connectivity index (χ2n) is 7.91. The highest BCUT2D eigenvalue weighted by molar-refractivity contribution is 9.10. The molecule has 2 aromatic rings. The number of urea groups is 1. The van der Waals surface area contributed by atoms with Crippen LogP contribution in [0.2, 0.25) is 0 Å². The molecular weight excluding hydrogens is 444 g/mol. The van der Waals surface area contributed by atoms with Gasteiger partial charge in [-0.25, -0.2) is 9.78 Å². The summed E-state index contributed by atoms with van der Waals surface area (Å²) in [4.78, 5) is 41.5. The van der Waals surface area contributed by atoms with E-state index in [2.05, 4.69) is 31.5 Å². The average molecular weight is 469 g/mol. The van der Waals surface area contributed by atoms with Crippen LogP contribution in [0.25, 0.3) is 10.9 Å². The predicted octanol–water partition coefficient (Wildman–Crippen LogP) is 3.53. The first kappa shape index (κ1) is 22.4. The van der Waals surface area contributed by atoms with Gasteiger partial charge in [0.25, 0.3) is 5.56 Å². The van der Waals surface area contributed by atoms with Crippen molar-refractivity contribution in [2.45, 2.75) is 51.9 Å². The normalized spacial score (nSPS) is 11.7. The number of carbonyl (C=O) groups is 2. The Morgan fingerprint density at radius 3 is 2.57 bits per heavy atom. The van der Waals surface area contributed by atoms with Gasteiger partial charge >= 0.3 is 6.03 Å². The lowest BCUT2D eigenvalue weighted by molar-refractivity contribution is -0.117. The van der Waals surface area contributed by atoms with Crippen LogP contribution in [0.1, 0.15) is 34.6 Å². The lowest BCUT2D eigenvalue weighted by Gasteiger charge is -2.20. The zero-order valence-electron chi connectivity index (χ0n) is 16.6. The van der Waals surface area contributed by atoms with Crippen molar-refractivity contribution in [3.05, 3.63) is 33.0 Å². The molecule has 28 heavy (non-hydrogen) atoms. The molecule has 0 atom stereocenters. The van der Waals surface area contributed by atoms with Gasteiger partial charge in [0, 0.05) is 16.6 Å². The summed E-state index contributed by atoms with van der Waals surface area (Å²) in [6.45, 7) is 9.99. The summed E-state index contributed by atoms with van der Waals surface area (Å²) in [5.74, 6) is -0.243. The van der Waals surface area contributed by atoms with Crippen molar-refractivity contribution in [2.75, 3.05) is 5.75 Å². The van der Waals surface area contributed by atoms with Crippen molar-refractivity contribution >= 4 is 50.5 Å². The highest BCUT2D eigenvalue weighted by Gasteiger charge is 2.18. The summed E-state index contributed by atoms with van der Waals surface area (Å²) >= 11 is 4.52. The van der Waals surface area contributed by atoms with E-state index in [1.165, 1.54) is 0 Å². The van der Waals surface area contributed by atoms with Crippen LogP contribution in [-0.2, 0) is 11.3 Å². The number of nitrogens with zero attached hydrogens (tertiary/aromatic N) is 2. The molecule has 1 aromatic heterocycles. The molecule has 0 aliphatic rings. The number of nitrogens with one attached hydrogen (secondary N) is 2. The quantitative estimate of drug-likeness (QED) is 0.516. The van der Waals surface area contributed by atoms with E-state index in [0.717, 1.165) is 16.2 Å². The second-order valence-corrected chi connectivity index (χ2v) is 9.76. The molecule has 0 aliphatic carbocycles. The first-order valence-electron chi connectivity index (χ1n) is 8.91. The van der Waals surface area contributed by atoms with Crippen LogP contribution < -0.4 is 16.2 Å². The van der Waals surface area contributed by atoms with Gasteiger partial charge in [-0.3, -0.25) is 19.5 Å². The molecule has 9 heteroatoms. The Balaban J connectivity index is 2.23. The monoisotopic (exact) mass is 468 g/mol. The minimum atomic E-state index is -0.547. The maximum absolute atomic E-state index is 12.9. The van der Waals surface area contributed by atoms with E-state index >= 15 is 0 Å². The molecule has 0 unspecified atom stereocenters. The first-order chi connectivity index (χ1) is 13.0. The van der Waals surface area contributed by atoms with Gasteiger partial charge in [-0.05, 0) is 44.9 Å². The summed E-state index contributed by atoms with van der Waals surface area (Å²) in [5.41, 5.74) is -0.0151. The third-order valence-corrected chi connectivity index (χ3v) is 4.97. The Hall–Kier alpha value is -1.87. The number of rotatable bonds is 5. The van der Waals surface area contributed by atoms with Gasteiger partial charge in [-0.1, -0.05) is 41.5 Å². The van der Waals surface area contributed by atoms with Crippen molar-refractivity contribution in [2.24, 2.45) is 5.92 Å². The summed E-state index contributed by atoms with van der Waals surface area (Å²) in [5, 5.41) is 5.94. The number of halogens is 1.